The van der Waals surface area contributed by atoms with E-state index in [1.54, 1.807) is 0 Å². The molecule has 0 N–H and O–H groups in total. The molecule has 0 radical (unpaired) electrons. The minimum atomic E-state index is -1.61. The third-order valence-electron chi connectivity index (χ3n) is 4.63. The van der Waals surface area contributed by atoms with Crippen molar-refractivity contribution in [1.29, 1.82) is 0 Å². The van der Waals surface area contributed by atoms with E-state index in [4.69, 9.17) is 0 Å². The van der Waals surface area contributed by atoms with Crippen LogP contribution in [0.1, 0.15) is 20.3 Å². The molecule has 0 spiro atoms. The van der Waals surface area contributed by atoms with Crippen molar-refractivity contribution < 1.29 is 5.61 Å². The van der Waals surface area contributed by atoms with Gasteiger partial charge < -0.3 is 0 Å². The molecule has 0 fully saturated rings. The van der Waals surface area contributed by atoms with Gasteiger partial charge in [-0.2, -0.15) is 0 Å². The number of hydrogen-bond donors (Lipinski definition) is 0. The molecule has 0 unspecified atom stereocenters. The molecule has 3 aromatic carbocycles. The Balaban J connectivity index is 0.000000537. The van der Waals surface area contributed by atoms with Gasteiger partial charge in [0.05, 0.1) is 6.16 Å². The normalized spacial score (nSPS) is 12.2. The molecule has 0 atom stereocenters. The molecule has 3 rings (SSSR count). The predicted molar refractivity (Wildman–Crippen MR) is 145 cm³/mol. The molecule has 0 aliphatic carbocycles. The first-order chi connectivity index (χ1) is 13.7. The van der Waals surface area contributed by atoms with Crippen molar-refractivity contribution in [1.82, 2.24) is 0 Å². The first-order valence-electron chi connectivity index (χ1n) is 9.32. The van der Waals surface area contributed by atoms with Crippen LogP contribution < -0.4 is 15.9 Å². The van der Waals surface area contributed by atoms with E-state index in [1.807, 2.05) is 0 Å². The van der Waals surface area contributed by atoms with Crippen molar-refractivity contribution in [3.05, 3.63) is 91.0 Å². The summed E-state index contributed by atoms with van der Waals surface area (Å²) in [5.41, 5.74) is -1.25. The fourth-order valence-corrected chi connectivity index (χ4v) is 7.95. The standard InChI is InChI=1S/C23H26P.4BrH.Fe/c1-20(2)18-19-24(21-12-6-3-7-13-21,22-14-8-4-9-15-22)23-16-10-5-11-17-23;;;;;/h3-17,20H,18-19H2,1-2H3;4*1H;/q+1;;;;;+3/p-4. The average molecular weight is 709 g/mol. The van der Waals surface area contributed by atoms with Gasteiger partial charge in [-0.05, 0) is 48.7 Å². The number of halogens is 4. The van der Waals surface area contributed by atoms with Gasteiger partial charge in [0.25, 0.3) is 0 Å². The van der Waals surface area contributed by atoms with Crippen LogP contribution in [0.25, 0.3) is 0 Å². The summed E-state index contributed by atoms with van der Waals surface area (Å²) >= 11 is 13.0. The average Bonchev–Trinajstić information content (AvgIpc) is 2.70. The van der Waals surface area contributed by atoms with Crippen LogP contribution in [0.4, 0.5) is 0 Å². The first-order valence-corrected chi connectivity index (χ1v) is 22.2. The van der Waals surface area contributed by atoms with Crippen LogP contribution in [-0.2, 0) is 5.61 Å². The van der Waals surface area contributed by atoms with Crippen molar-refractivity contribution in [2.75, 3.05) is 6.16 Å². The van der Waals surface area contributed by atoms with Gasteiger partial charge in [0.1, 0.15) is 23.2 Å². The van der Waals surface area contributed by atoms with E-state index in [9.17, 15) is 0 Å². The molecular formula is C23H26Br4FeP. The molecule has 0 heterocycles. The minimum absolute atomic E-state index is 0.709. The van der Waals surface area contributed by atoms with E-state index in [-0.39, 0.29) is 0 Å². The second kappa shape index (κ2) is 12.5. The van der Waals surface area contributed by atoms with Crippen molar-refractivity contribution in [2.24, 2.45) is 5.92 Å². The maximum absolute atomic E-state index is 3.25. The monoisotopic (exact) mass is 705 g/mol. The Bertz CT molecular complexity index is 734. The molecule has 159 valence electrons. The Labute approximate surface area is 206 Å². The molecule has 0 saturated carbocycles. The first kappa shape index (κ1) is 25.8. The molecule has 29 heavy (non-hydrogen) atoms. The Morgan fingerprint density at radius 1 is 0.621 bits per heavy atom. The molecule has 0 nitrogen and oxygen atoms in total. The Morgan fingerprint density at radius 2 is 0.897 bits per heavy atom. The summed E-state index contributed by atoms with van der Waals surface area (Å²) in [6.07, 6.45) is 2.47. The van der Waals surface area contributed by atoms with Gasteiger partial charge in [0.2, 0.25) is 0 Å². The van der Waals surface area contributed by atoms with Gasteiger partial charge in [-0.25, -0.2) is 0 Å². The summed E-state index contributed by atoms with van der Waals surface area (Å²) in [5, 5.41) is 4.47. The molecule has 0 amide bonds. The Morgan fingerprint density at radius 3 is 1.14 bits per heavy atom. The number of rotatable bonds is 6. The Kier molecular flexibility index (Phi) is 11.1. The molecule has 0 saturated heterocycles. The maximum atomic E-state index is 3.25. The SMILES string of the molecule is CC(C)CC[P+](c1ccccc1)(c1ccccc1)c1ccccc1.[Br][Fe-]([Br])([Br])[Br]. The second-order valence-electron chi connectivity index (χ2n) is 7.03. The molecule has 0 aliphatic heterocycles. The summed E-state index contributed by atoms with van der Waals surface area (Å²) in [5.74, 6) is 0.709. The van der Waals surface area contributed by atoms with Crippen LogP contribution in [0, 0.1) is 5.92 Å². The van der Waals surface area contributed by atoms with Gasteiger partial charge in [-0.1, -0.05) is 68.4 Å². The topological polar surface area (TPSA) is 0 Å². The summed E-state index contributed by atoms with van der Waals surface area (Å²) in [4.78, 5) is 0. The molecule has 6 heteroatoms. The second-order valence-corrected chi connectivity index (χ2v) is 44.1. The van der Waals surface area contributed by atoms with E-state index in [1.165, 1.54) is 28.5 Å². The van der Waals surface area contributed by atoms with Crippen LogP contribution in [0.2, 0.25) is 0 Å². The fraction of sp³-hybridized carbons (Fsp3) is 0.217. The van der Waals surface area contributed by atoms with E-state index in [0.717, 1.165) is 0 Å². The zero-order chi connectivity index (χ0) is 21.3. The molecular weight excluding hydrogens is 683 g/mol. The third-order valence-corrected chi connectivity index (χ3v) is 9.10. The van der Waals surface area contributed by atoms with Crippen LogP contribution in [-0.4, -0.2) is 6.16 Å². The third kappa shape index (κ3) is 8.53. The van der Waals surface area contributed by atoms with Crippen LogP contribution >= 0.6 is 63.7 Å². The molecule has 0 aliphatic rings. The quantitative estimate of drug-likeness (QED) is 0.178. The molecule has 0 bridgehead atoms. The van der Waals surface area contributed by atoms with Crippen LogP contribution in [0.15, 0.2) is 91.0 Å². The number of benzene rings is 3. The van der Waals surface area contributed by atoms with Gasteiger partial charge in [0.15, 0.2) is 0 Å². The summed E-state index contributed by atoms with van der Waals surface area (Å²) in [6.45, 7) is 4.66. The van der Waals surface area contributed by atoms with Crippen molar-refractivity contribution in [3.8, 4) is 0 Å². The van der Waals surface area contributed by atoms with Crippen LogP contribution in [0.5, 0.6) is 0 Å². The van der Waals surface area contributed by atoms with Gasteiger partial charge >= 0.3 is 62.1 Å². The van der Waals surface area contributed by atoms with Gasteiger partial charge in [-0.15, -0.1) is 0 Å². The summed E-state index contributed by atoms with van der Waals surface area (Å²) in [7, 11) is -1.61. The van der Waals surface area contributed by atoms with E-state index < -0.39 is 12.9 Å². The van der Waals surface area contributed by atoms with E-state index in [0.29, 0.717) is 5.92 Å². The predicted octanol–water partition coefficient (Wildman–Crippen LogP) is 8.41. The Hall–Kier alpha value is 0.529. The summed E-state index contributed by atoms with van der Waals surface area (Å²) in [6, 6.07) is 33.4. The molecule has 3 aromatic rings. The van der Waals surface area contributed by atoms with E-state index in [2.05, 4.69) is 161 Å². The van der Waals surface area contributed by atoms with Gasteiger partial charge in [0, 0.05) is 0 Å². The zero-order valence-corrected chi connectivity index (χ0v) is 24.8. The zero-order valence-electron chi connectivity index (χ0n) is 16.5. The van der Waals surface area contributed by atoms with Crippen LogP contribution in [0.3, 0.4) is 0 Å². The van der Waals surface area contributed by atoms with Crippen molar-refractivity contribution in [2.45, 2.75) is 20.3 Å². The van der Waals surface area contributed by atoms with Gasteiger partial charge in [-0.3, -0.25) is 0 Å². The summed E-state index contributed by atoms with van der Waals surface area (Å²) < 4.78 is 0. The molecule has 0 aromatic heterocycles. The number of hydrogen-bond acceptors (Lipinski definition) is 0. The van der Waals surface area contributed by atoms with Crippen molar-refractivity contribution in [3.63, 3.8) is 0 Å². The fourth-order valence-electron chi connectivity index (χ4n) is 3.33. The van der Waals surface area contributed by atoms with Crippen molar-refractivity contribution >= 4 is 79.6 Å². The van der Waals surface area contributed by atoms with E-state index >= 15 is 0 Å².